The highest BCUT2D eigenvalue weighted by Crippen LogP contribution is 2.38. The van der Waals surface area contributed by atoms with E-state index < -0.39 is 5.60 Å². The van der Waals surface area contributed by atoms with E-state index in [-0.39, 0.29) is 5.63 Å². The van der Waals surface area contributed by atoms with E-state index >= 15 is 0 Å². The molecule has 3 rings (SSSR count). The molecule has 1 aromatic carbocycles. The number of benzene rings is 1. The molecule has 0 unspecified atom stereocenters. The van der Waals surface area contributed by atoms with Gasteiger partial charge in [0, 0.05) is 4.47 Å². The summed E-state index contributed by atoms with van der Waals surface area (Å²) in [5, 5.41) is 11.8. The Bertz CT molecular complexity index is 654. The molecule has 1 heterocycles. The normalized spacial score (nSPS) is 18.3. The lowest BCUT2D eigenvalue weighted by atomic mass is 9.97. The summed E-state index contributed by atoms with van der Waals surface area (Å²) in [6.45, 7) is 0. The number of rotatable bonds is 1. The van der Waals surface area contributed by atoms with E-state index in [1.807, 2.05) is 12.1 Å². The standard InChI is InChI=1S/C14H13BrO3/c15-10-4-3-9-7-12(14(17)5-1-2-6-14)18-13(16)11(9)8-10/h3-4,7-8,17H,1-2,5-6H2. The van der Waals surface area contributed by atoms with Crippen molar-refractivity contribution in [3.8, 4) is 0 Å². The van der Waals surface area contributed by atoms with E-state index in [0.717, 1.165) is 22.7 Å². The van der Waals surface area contributed by atoms with Crippen LogP contribution in [0.2, 0.25) is 0 Å². The van der Waals surface area contributed by atoms with Crippen LogP contribution < -0.4 is 5.63 Å². The van der Waals surface area contributed by atoms with Crippen molar-refractivity contribution in [3.05, 3.63) is 44.9 Å². The summed E-state index contributed by atoms with van der Waals surface area (Å²) in [4.78, 5) is 12.0. The van der Waals surface area contributed by atoms with Crippen LogP contribution >= 0.6 is 15.9 Å². The van der Waals surface area contributed by atoms with Gasteiger partial charge in [-0.1, -0.05) is 22.0 Å². The molecule has 1 aliphatic rings. The summed E-state index contributed by atoms with van der Waals surface area (Å²) in [5.41, 5.74) is -1.34. The van der Waals surface area contributed by atoms with Crippen LogP contribution in [-0.4, -0.2) is 5.11 Å². The van der Waals surface area contributed by atoms with Crippen LogP contribution in [0.25, 0.3) is 10.8 Å². The molecule has 1 aliphatic carbocycles. The van der Waals surface area contributed by atoms with Crippen LogP contribution in [0.3, 0.4) is 0 Å². The zero-order valence-electron chi connectivity index (χ0n) is 9.78. The molecule has 4 heteroatoms. The van der Waals surface area contributed by atoms with Crippen molar-refractivity contribution in [1.29, 1.82) is 0 Å². The third kappa shape index (κ3) is 1.89. The largest absolute Gasteiger partial charge is 0.424 e. The first-order valence-electron chi connectivity index (χ1n) is 6.05. The van der Waals surface area contributed by atoms with E-state index in [0.29, 0.717) is 24.0 Å². The van der Waals surface area contributed by atoms with Crippen molar-refractivity contribution < 1.29 is 9.52 Å². The van der Waals surface area contributed by atoms with Crippen LogP contribution in [0.1, 0.15) is 31.4 Å². The Morgan fingerprint density at radius 2 is 1.94 bits per heavy atom. The highest BCUT2D eigenvalue weighted by Gasteiger charge is 2.36. The maximum atomic E-state index is 12.0. The van der Waals surface area contributed by atoms with Gasteiger partial charge in [-0.2, -0.15) is 0 Å². The Balaban J connectivity index is 2.21. The van der Waals surface area contributed by atoms with Gasteiger partial charge in [-0.15, -0.1) is 0 Å². The zero-order valence-corrected chi connectivity index (χ0v) is 11.4. The van der Waals surface area contributed by atoms with Crippen molar-refractivity contribution >= 4 is 26.7 Å². The molecule has 0 saturated heterocycles. The van der Waals surface area contributed by atoms with Gasteiger partial charge in [0.1, 0.15) is 11.4 Å². The second-order valence-corrected chi connectivity index (χ2v) is 5.78. The summed E-state index contributed by atoms with van der Waals surface area (Å²) in [7, 11) is 0. The van der Waals surface area contributed by atoms with Crippen LogP contribution in [0.4, 0.5) is 0 Å². The Kier molecular flexibility index (Phi) is 2.79. The van der Waals surface area contributed by atoms with E-state index in [1.165, 1.54) is 0 Å². The summed E-state index contributed by atoms with van der Waals surface area (Å²) in [5.74, 6) is 0.403. The maximum Gasteiger partial charge on any atom is 0.343 e. The van der Waals surface area contributed by atoms with Crippen LogP contribution in [0.5, 0.6) is 0 Å². The number of hydrogen-bond acceptors (Lipinski definition) is 3. The third-order valence-corrected chi connectivity index (χ3v) is 4.11. The van der Waals surface area contributed by atoms with E-state index in [9.17, 15) is 9.90 Å². The van der Waals surface area contributed by atoms with Crippen molar-refractivity contribution in [2.75, 3.05) is 0 Å². The fourth-order valence-electron chi connectivity index (χ4n) is 2.59. The smallest absolute Gasteiger partial charge is 0.343 e. The summed E-state index contributed by atoms with van der Waals surface area (Å²) < 4.78 is 6.15. The van der Waals surface area contributed by atoms with Gasteiger partial charge in [-0.05, 0) is 49.3 Å². The molecule has 18 heavy (non-hydrogen) atoms. The molecule has 1 N–H and O–H groups in total. The zero-order chi connectivity index (χ0) is 12.8. The Morgan fingerprint density at radius 3 is 2.67 bits per heavy atom. The first kappa shape index (κ1) is 11.9. The summed E-state index contributed by atoms with van der Waals surface area (Å²) in [6, 6.07) is 7.26. The van der Waals surface area contributed by atoms with Crippen LogP contribution in [0.15, 0.2) is 37.9 Å². The van der Waals surface area contributed by atoms with Crippen LogP contribution in [0, 0.1) is 0 Å². The maximum absolute atomic E-state index is 12.0. The SMILES string of the molecule is O=c1oc(C2(O)CCCC2)cc2ccc(Br)cc12. The number of fused-ring (bicyclic) bond motifs is 1. The molecular weight excluding hydrogens is 296 g/mol. The number of aliphatic hydroxyl groups is 1. The van der Waals surface area contributed by atoms with E-state index in [2.05, 4.69) is 15.9 Å². The lowest BCUT2D eigenvalue weighted by Gasteiger charge is -2.20. The van der Waals surface area contributed by atoms with E-state index in [4.69, 9.17) is 4.42 Å². The van der Waals surface area contributed by atoms with Gasteiger partial charge in [0.05, 0.1) is 5.39 Å². The first-order valence-corrected chi connectivity index (χ1v) is 6.84. The minimum atomic E-state index is -0.958. The molecule has 0 atom stereocenters. The lowest BCUT2D eigenvalue weighted by Crippen LogP contribution is -2.22. The van der Waals surface area contributed by atoms with Gasteiger partial charge in [-0.25, -0.2) is 4.79 Å². The summed E-state index contributed by atoms with van der Waals surface area (Å²) in [6.07, 6.45) is 3.27. The molecule has 0 aliphatic heterocycles. The minimum absolute atomic E-state index is 0.385. The topological polar surface area (TPSA) is 50.4 Å². The molecule has 94 valence electrons. The first-order chi connectivity index (χ1) is 8.58. The molecule has 0 amide bonds. The van der Waals surface area contributed by atoms with Gasteiger partial charge in [-0.3, -0.25) is 0 Å². The molecular formula is C14H13BrO3. The molecule has 2 aromatic rings. The van der Waals surface area contributed by atoms with Crippen molar-refractivity contribution in [2.45, 2.75) is 31.3 Å². The molecule has 0 bridgehead atoms. The van der Waals surface area contributed by atoms with Gasteiger partial charge in [0.25, 0.3) is 0 Å². The van der Waals surface area contributed by atoms with Gasteiger partial charge >= 0.3 is 5.63 Å². The number of halogens is 1. The molecule has 0 spiro atoms. The quantitative estimate of drug-likeness (QED) is 0.879. The predicted octanol–water partition coefficient (Wildman–Crippen LogP) is 3.32. The van der Waals surface area contributed by atoms with Gasteiger partial charge in [0.15, 0.2) is 0 Å². The molecule has 1 saturated carbocycles. The fourth-order valence-corrected chi connectivity index (χ4v) is 2.95. The van der Waals surface area contributed by atoms with Gasteiger partial charge < -0.3 is 9.52 Å². The predicted molar refractivity (Wildman–Crippen MR) is 72.5 cm³/mol. The van der Waals surface area contributed by atoms with Crippen molar-refractivity contribution in [3.63, 3.8) is 0 Å². The Hall–Kier alpha value is -1.13. The summed E-state index contributed by atoms with van der Waals surface area (Å²) >= 11 is 3.33. The molecule has 0 radical (unpaired) electrons. The van der Waals surface area contributed by atoms with Crippen molar-refractivity contribution in [1.82, 2.24) is 0 Å². The third-order valence-electron chi connectivity index (χ3n) is 3.61. The Labute approximate surface area is 113 Å². The average molecular weight is 309 g/mol. The van der Waals surface area contributed by atoms with Gasteiger partial charge in [0.2, 0.25) is 0 Å². The average Bonchev–Trinajstić information content (AvgIpc) is 2.78. The highest BCUT2D eigenvalue weighted by atomic mass is 79.9. The minimum Gasteiger partial charge on any atom is -0.424 e. The highest BCUT2D eigenvalue weighted by molar-refractivity contribution is 9.10. The van der Waals surface area contributed by atoms with Crippen LogP contribution in [-0.2, 0) is 5.60 Å². The molecule has 1 fully saturated rings. The second-order valence-electron chi connectivity index (χ2n) is 4.87. The second kappa shape index (κ2) is 4.21. The Morgan fingerprint density at radius 1 is 1.22 bits per heavy atom. The number of hydrogen-bond donors (Lipinski definition) is 1. The molecule has 1 aromatic heterocycles. The molecule has 3 nitrogen and oxygen atoms in total. The van der Waals surface area contributed by atoms with Crippen molar-refractivity contribution in [2.24, 2.45) is 0 Å². The fraction of sp³-hybridized carbons (Fsp3) is 0.357. The lowest BCUT2D eigenvalue weighted by molar-refractivity contribution is 0.0194. The van der Waals surface area contributed by atoms with E-state index in [1.54, 1.807) is 12.1 Å². The monoisotopic (exact) mass is 308 g/mol.